The molecule has 1 N–H and O–H groups in total. The quantitative estimate of drug-likeness (QED) is 0.712. The van der Waals surface area contributed by atoms with Gasteiger partial charge in [-0.05, 0) is 50.1 Å². The number of para-hydroxylation sites is 1. The molecule has 0 spiro atoms. The monoisotopic (exact) mass is 377 g/mol. The van der Waals surface area contributed by atoms with Crippen molar-refractivity contribution in [3.05, 3.63) is 54.2 Å². The molecule has 5 heteroatoms. The molecule has 146 valence electrons. The lowest BCUT2D eigenvalue weighted by Gasteiger charge is -2.33. The topological polar surface area (TPSA) is 38.7 Å². The second-order valence-electron chi connectivity index (χ2n) is 7.74. The number of ether oxygens (including phenoxy) is 2. The summed E-state index contributed by atoms with van der Waals surface area (Å²) in [6.07, 6.45) is 4.75. The van der Waals surface area contributed by atoms with E-state index in [1.165, 1.54) is 29.3 Å². The summed E-state index contributed by atoms with van der Waals surface area (Å²) in [7, 11) is 0. The molecule has 3 aromatic rings. The number of fused-ring (bicyclic) bond motifs is 2. The van der Waals surface area contributed by atoms with E-state index in [0.29, 0.717) is 12.8 Å². The van der Waals surface area contributed by atoms with E-state index in [4.69, 9.17) is 9.47 Å². The smallest absolute Gasteiger partial charge is 0.231 e. The van der Waals surface area contributed by atoms with E-state index in [1.54, 1.807) is 0 Å². The van der Waals surface area contributed by atoms with Gasteiger partial charge in [-0.1, -0.05) is 18.2 Å². The van der Waals surface area contributed by atoms with Gasteiger partial charge in [-0.25, -0.2) is 0 Å². The second kappa shape index (κ2) is 7.40. The zero-order chi connectivity index (χ0) is 18.9. The molecule has 0 amide bonds. The Morgan fingerprint density at radius 3 is 2.93 bits per heavy atom. The number of piperidine rings is 1. The van der Waals surface area contributed by atoms with Gasteiger partial charge in [0.2, 0.25) is 6.79 Å². The number of nitrogens with one attached hydrogen (secondary N) is 1. The first kappa shape index (κ1) is 17.4. The van der Waals surface area contributed by atoms with Gasteiger partial charge in [-0.15, -0.1) is 0 Å². The van der Waals surface area contributed by atoms with Crippen LogP contribution in [0.25, 0.3) is 10.9 Å². The van der Waals surface area contributed by atoms with E-state index in [0.717, 1.165) is 43.4 Å². The van der Waals surface area contributed by atoms with E-state index >= 15 is 0 Å². The van der Waals surface area contributed by atoms with Crippen molar-refractivity contribution in [2.45, 2.75) is 38.9 Å². The largest absolute Gasteiger partial charge is 0.454 e. The summed E-state index contributed by atoms with van der Waals surface area (Å²) in [5, 5.41) is 5.08. The Labute approximate surface area is 165 Å². The van der Waals surface area contributed by atoms with E-state index in [-0.39, 0.29) is 0 Å². The first-order valence-corrected chi connectivity index (χ1v) is 10.3. The molecule has 1 fully saturated rings. The highest BCUT2D eigenvalue weighted by atomic mass is 16.7. The average molecular weight is 377 g/mol. The highest BCUT2D eigenvalue weighted by Crippen LogP contribution is 2.34. The standard InChI is InChI=1S/C23H27N3O2/c1-2-26-14-17(20-7-3-4-8-21(20)26)13-25-11-5-6-19(15-25)24-18-9-10-22-23(12-18)28-16-27-22/h3-4,7-10,12,14,19,24H,2,5-6,11,13,15-16H2,1H3. The molecule has 5 nitrogen and oxygen atoms in total. The van der Waals surface area contributed by atoms with Crippen LogP contribution in [0.5, 0.6) is 11.5 Å². The lowest BCUT2D eigenvalue weighted by molar-refractivity contribution is 0.174. The molecule has 0 aliphatic carbocycles. The molecule has 5 rings (SSSR count). The van der Waals surface area contributed by atoms with Crippen LogP contribution in [0, 0.1) is 0 Å². The summed E-state index contributed by atoms with van der Waals surface area (Å²) in [6.45, 7) is 6.76. The molecule has 1 atom stereocenters. The SMILES string of the molecule is CCn1cc(CN2CCCC(Nc3ccc4c(c3)OCO4)C2)c2ccccc21. The molecule has 2 aromatic carbocycles. The molecule has 0 radical (unpaired) electrons. The predicted octanol–water partition coefficient (Wildman–Crippen LogP) is 4.47. The number of likely N-dealkylation sites (tertiary alicyclic amines) is 1. The van der Waals surface area contributed by atoms with Crippen LogP contribution in [0.2, 0.25) is 0 Å². The molecule has 28 heavy (non-hydrogen) atoms. The maximum absolute atomic E-state index is 5.51. The maximum Gasteiger partial charge on any atom is 0.231 e. The zero-order valence-corrected chi connectivity index (χ0v) is 16.4. The van der Waals surface area contributed by atoms with Crippen LogP contribution in [0.1, 0.15) is 25.3 Å². The molecule has 1 aromatic heterocycles. The number of hydrogen-bond donors (Lipinski definition) is 1. The molecule has 1 saturated heterocycles. The van der Waals surface area contributed by atoms with Crippen molar-refractivity contribution >= 4 is 16.6 Å². The van der Waals surface area contributed by atoms with Crippen LogP contribution in [0.4, 0.5) is 5.69 Å². The summed E-state index contributed by atoms with van der Waals surface area (Å²) in [6, 6.07) is 15.3. The molecule has 3 heterocycles. The van der Waals surface area contributed by atoms with E-state index in [9.17, 15) is 0 Å². The number of aromatic nitrogens is 1. The summed E-state index contributed by atoms with van der Waals surface area (Å²) < 4.78 is 13.3. The fourth-order valence-corrected chi connectivity index (χ4v) is 4.49. The fraction of sp³-hybridized carbons (Fsp3) is 0.391. The molecule has 2 aliphatic heterocycles. The van der Waals surface area contributed by atoms with Gasteiger partial charge < -0.3 is 19.4 Å². The minimum atomic E-state index is 0.321. The van der Waals surface area contributed by atoms with E-state index in [1.807, 2.05) is 6.07 Å². The molecular formula is C23H27N3O2. The number of rotatable bonds is 5. The zero-order valence-electron chi connectivity index (χ0n) is 16.4. The minimum Gasteiger partial charge on any atom is -0.454 e. The van der Waals surface area contributed by atoms with Crippen LogP contribution in [-0.4, -0.2) is 35.4 Å². The Balaban J connectivity index is 1.29. The van der Waals surface area contributed by atoms with Crippen LogP contribution in [0.15, 0.2) is 48.7 Å². The Morgan fingerprint density at radius 2 is 2.00 bits per heavy atom. The van der Waals surface area contributed by atoms with Gasteiger partial charge in [0.15, 0.2) is 11.5 Å². The molecule has 1 unspecified atom stereocenters. The Bertz CT molecular complexity index is 981. The lowest BCUT2D eigenvalue weighted by Crippen LogP contribution is -2.41. The summed E-state index contributed by atoms with van der Waals surface area (Å²) in [4.78, 5) is 2.58. The minimum absolute atomic E-state index is 0.321. The summed E-state index contributed by atoms with van der Waals surface area (Å²) in [5.74, 6) is 1.67. The Hall–Kier alpha value is -2.66. The van der Waals surface area contributed by atoms with Crippen LogP contribution >= 0.6 is 0 Å². The third-order valence-electron chi connectivity index (χ3n) is 5.85. The molecule has 0 bridgehead atoms. The molecule has 0 saturated carbocycles. The third kappa shape index (κ3) is 3.31. The summed E-state index contributed by atoms with van der Waals surface area (Å²) in [5.41, 5.74) is 3.88. The first-order chi connectivity index (χ1) is 13.8. The Kier molecular flexibility index (Phi) is 4.61. The third-order valence-corrected chi connectivity index (χ3v) is 5.85. The van der Waals surface area contributed by atoms with Gasteiger partial charge in [-0.2, -0.15) is 0 Å². The predicted molar refractivity (Wildman–Crippen MR) is 112 cm³/mol. The van der Waals surface area contributed by atoms with Gasteiger partial charge in [0.1, 0.15) is 0 Å². The van der Waals surface area contributed by atoms with E-state index in [2.05, 4.69) is 64.3 Å². The number of nitrogens with zero attached hydrogens (tertiary/aromatic N) is 2. The van der Waals surface area contributed by atoms with Gasteiger partial charge in [0.25, 0.3) is 0 Å². The number of benzene rings is 2. The highest BCUT2D eigenvalue weighted by molar-refractivity contribution is 5.83. The number of anilines is 1. The van der Waals surface area contributed by atoms with Crippen molar-refractivity contribution in [2.75, 3.05) is 25.2 Å². The van der Waals surface area contributed by atoms with Crippen molar-refractivity contribution < 1.29 is 9.47 Å². The van der Waals surface area contributed by atoms with Crippen LogP contribution in [-0.2, 0) is 13.1 Å². The fourth-order valence-electron chi connectivity index (χ4n) is 4.49. The van der Waals surface area contributed by atoms with Crippen molar-refractivity contribution in [3.8, 4) is 11.5 Å². The van der Waals surface area contributed by atoms with Crippen molar-refractivity contribution in [1.82, 2.24) is 9.47 Å². The first-order valence-electron chi connectivity index (χ1n) is 10.3. The lowest BCUT2D eigenvalue weighted by atomic mass is 10.0. The number of aryl methyl sites for hydroxylation is 1. The van der Waals surface area contributed by atoms with Crippen molar-refractivity contribution in [1.29, 1.82) is 0 Å². The number of hydrogen-bond acceptors (Lipinski definition) is 4. The van der Waals surface area contributed by atoms with Crippen LogP contribution < -0.4 is 14.8 Å². The van der Waals surface area contributed by atoms with Gasteiger partial charge >= 0.3 is 0 Å². The second-order valence-corrected chi connectivity index (χ2v) is 7.74. The van der Waals surface area contributed by atoms with Gasteiger partial charge in [0, 0.05) is 54.5 Å². The van der Waals surface area contributed by atoms with Crippen LogP contribution in [0.3, 0.4) is 0 Å². The molecule has 2 aliphatic rings. The van der Waals surface area contributed by atoms with Gasteiger partial charge in [-0.3, -0.25) is 4.90 Å². The van der Waals surface area contributed by atoms with Crippen molar-refractivity contribution in [3.63, 3.8) is 0 Å². The van der Waals surface area contributed by atoms with Crippen molar-refractivity contribution in [2.24, 2.45) is 0 Å². The molecular weight excluding hydrogens is 350 g/mol. The normalized spacial score (nSPS) is 19.2. The van der Waals surface area contributed by atoms with Gasteiger partial charge in [0.05, 0.1) is 0 Å². The summed E-state index contributed by atoms with van der Waals surface area (Å²) >= 11 is 0. The average Bonchev–Trinajstić information content (AvgIpc) is 3.33. The Morgan fingerprint density at radius 1 is 1.11 bits per heavy atom. The maximum atomic E-state index is 5.51. The highest BCUT2D eigenvalue weighted by Gasteiger charge is 2.22. The van der Waals surface area contributed by atoms with E-state index < -0.39 is 0 Å².